The zero-order valence-electron chi connectivity index (χ0n) is 4.88. The van der Waals surface area contributed by atoms with Gasteiger partial charge in [0.15, 0.2) is 6.10 Å². The van der Waals surface area contributed by atoms with E-state index in [1.807, 2.05) is 0 Å². The number of amides is 2. The van der Waals surface area contributed by atoms with Crippen LogP contribution in [0.3, 0.4) is 0 Å². The van der Waals surface area contributed by atoms with Crippen LogP contribution in [0.2, 0.25) is 0 Å². The number of carbonyl (C=O) groups excluding carboxylic acids is 2. The van der Waals surface area contributed by atoms with Crippen LogP contribution in [-0.2, 0) is 14.4 Å². The van der Waals surface area contributed by atoms with Crippen molar-refractivity contribution in [1.29, 1.82) is 0 Å². The smallest absolute Gasteiger partial charge is 0.263 e. The van der Waals surface area contributed by atoms with Crippen molar-refractivity contribution >= 4 is 11.8 Å². The predicted molar refractivity (Wildman–Crippen MR) is 29.2 cm³/mol. The molecule has 0 aliphatic carbocycles. The molecule has 2 aliphatic rings. The molecule has 1 fully saturated rings. The van der Waals surface area contributed by atoms with Gasteiger partial charge in [-0.25, -0.2) is 0 Å². The summed E-state index contributed by atoms with van der Waals surface area (Å²) in [5.74, 6) is -0.777. The molecule has 2 heterocycles. The summed E-state index contributed by atoms with van der Waals surface area (Å²) in [6.45, 7) is 0. The molecular weight excluding hydrogens is 136 g/mol. The molecular formula is C5H4N2O3. The Hall–Kier alpha value is -1.36. The molecule has 2 rings (SSSR count). The lowest BCUT2D eigenvalue weighted by atomic mass is 10.2. The van der Waals surface area contributed by atoms with E-state index in [1.165, 1.54) is 6.20 Å². The highest BCUT2D eigenvalue weighted by molar-refractivity contribution is 6.16. The first-order valence-corrected chi connectivity index (χ1v) is 2.75. The van der Waals surface area contributed by atoms with Crippen molar-refractivity contribution in [2.24, 2.45) is 0 Å². The van der Waals surface area contributed by atoms with Crippen molar-refractivity contribution in [3.8, 4) is 0 Å². The lowest BCUT2D eigenvalue weighted by molar-refractivity contribution is -0.130. The fraction of sp³-hybridized carbons (Fsp3) is 0.200. The number of fused-ring (bicyclic) bond motifs is 1. The number of nitrogens with one attached hydrogen (secondary N) is 2. The Kier molecular flexibility index (Phi) is 0.853. The van der Waals surface area contributed by atoms with E-state index in [0.29, 0.717) is 5.57 Å². The SMILES string of the molecule is O=C1NC(=O)C2ONC=C12. The maximum Gasteiger partial charge on any atom is 0.263 e. The van der Waals surface area contributed by atoms with Crippen molar-refractivity contribution in [2.45, 2.75) is 6.10 Å². The first kappa shape index (κ1) is 5.43. The molecule has 1 saturated heterocycles. The molecule has 0 bridgehead atoms. The Balaban J connectivity index is 2.41. The molecule has 0 radical (unpaired) electrons. The lowest BCUT2D eigenvalue weighted by Crippen LogP contribution is -2.27. The molecule has 2 amide bonds. The number of hydrogen-bond acceptors (Lipinski definition) is 4. The third-order valence-corrected chi connectivity index (χ3v) is 1.42. The third kappa shape index (κ3) is 0.496. The second-order valence-corrected chi connectivity index (χ2v) is 2.03. The van der Waals surface area contributed by atoms with Crippen molar-refractivity contribution < 1.29 is 14.4 Å². The van der Waals surface area contributed by atoms with E-state index in [-0.39, 0.29) is 5.91 Å². The Labute approximate surface area is 56.0 Å². The topological polar surface area (TPSA) is 67.4 Å². The largest absolute Gasteiger partial charge is 0.290 e. The summed E-state index contributed by atoms with van der Waals surface area (Å²) in [6.07, 6.45) is 0.651. The van der Waals surface area contributed by atoms with Crippen LogP contribution in [0, 0.1) is 0 Å². The minimum Gasteiger partial charge on any atom is -0.290 e. The van der Waals surface area contributed by atoms with Crippen molar-refractivity contribution in [2.75, 3.05) is 0 Å². The Morgan fingerprint density at radius 1 is 1.50 bits per heavy atom. The summed E-state index contributed by atoms with van der Waals surface area (Å²) in [5, 5.41) is 2.11. The highest BCUT2D eigenvalue weighted by atomic mass is 16.7. The van der Waals surface area contributed by atoms with Gasteiger partial charge < -0.3 is 0 Å². The van der Waals surface area contributed by atoms with Gasteiger partial charge in [0, 0.05) is 6.20 Å². The quantitative estimate of drug-likeness (QED) is 0.399. The van der Waals surface area contributed by atoms with Crippen molar-refractivity contribution in [3.05, 3.63) is 11.8 Å². The number of rotatable bonds is 0. The van der Waals surface area contributed by atoms with Crippen LogP contribution in [0.4, 0.5) is 0 Å². The zero-order chi connectivity index (χ0) is 7.14. The Morgan fingerprint density at radius 3 is 3.00 bits per heavy atom. The molecule has 0 saturated carbocycles. The number of hydrogen-bond donors (Lipinski definition) is 2. The molecule has 1 atom stereocenters. The molecule has 1 unspecified atom stereocenters. The summed E-state index contributed by atoms with van der Waals surface area (Å²) >= 11 is 0. The first-order valence-electron chi connectivity index (χ1n) is 2.75. The molecule has 5 nitrogen and oxygen atoms in total. The molecule has 2 N–H and O–H groups in total. The average Bonchev–Trinajstić information content (AvgIpc) is 2.39. The maximum absolute atomic E-state index is 10.7. The summed E-state index contributed by atoms with van der Waals surface area (Å²) in [6, 6.07) is 0. The van der Waals surface area contributed by atoms with Crippen LogP contribution < -0.4 is 10.8 Å². The highest BCUT2D eigenvalue weighted by Gasteiger charge is 2.40. The summed E-state index contributed by atoms with van der Waals surface area (Å²) in [5.41, 5.74) is 2.69. The average molecular weight is 140 g/mol. The molecule has 2 aliphatic heterocycles. The number of carbonyl (C=O) groups is 2. The van der Waals surface area contributed by atoms with Crippen molar-refractivity contribution in [3.63, 3.8) is 0 Å². The van der Waals surface area contributed by atoms with Gasteiger partial charge in [-0.15, -0.1) is 0 Å². The van der Waals surface area contributed by atoms with Gasteiger partial charge in [-0.1, -0.05) is 0 Å². The highest BCUT2D eigenvalue weighted by Crippen LogP contribution is 2.16. The van der Waals surface area contributed by atoms with E-state index in [0.717, 1.165) is 0 Å². The van der Waals surface area contributed by atoms with Gasteiger partial charge in [-0.2, -0.15) is 0 Å². The molecule has 52 valence electrons. The van der Waals surface area contributed by atoms with Gasteiger partial charge in [0.25, 0.3) is 11.8 Å². The fourth-order valence-electron chi connectivity index (χ4n) is 0.934. The summed E-state index contributed by atoms with van der Waals surface area (Å²) in [4.78, 5) is 26.2. The van der Waals surface area contributed by atoms with E-state index in [4.69, 9.17) is 0 Å². The summed E-state index contributed by atoms with van der Waals surface area (Å²) in [7, 11) is 0. The Morgan fingerprint density at radius 2 is 2.30 bits per heavy atom. The number of hydroxylamine groups is 1. The standard InChI is InChI=1S/C5H4N2O3/c8-4-2-1-6-10-3(2)5(9)7-4/h1,3,6H,(H,7,8,9). The number of imide groups is 1. The Bertz CT molecular complexity index is 245. The van der Waals surface area contributed by atoms with E-state index in [2.05, 4.69) is 15.6 Å². The van der Waals surface area contributed by atoms with Gasteiger partial charge >= 0.3 is 0 Å². The van der Waals surface area contributed by atoms with E-state index >= 15 is 0 Å². The van der Waals surface area contributed by atoms with Crippen LogP contribution in [0.1, 0.15) is 0 Å². The van der Waals surface area contributed by atoms with Gasteiger partial charge in [-0.3, -0.25) is 25.2 Å². The van der Waals surface area contributed by atoms with Gasteiger partial charge in [0.05, 0.1) is 5.57 Å². The maximum atomic E-state index is 10.7. The molecule has 0 aromatic heterocycles. The van der Waals surface area contributed by atoms with Crippen LogP contribution in [-0.4, -0.2) is 17.9 Å². The molecule has 10 heavy (non-hydrogen) atoms. The first-order chi connectivity index (χ1) is 4.79. The normalized spacial score (nSPS) is 29.2. The zero-order valence-corrected chi connectivity index (χ0v) is 4.88. The van der Waals surface area contributed by atoms with Crippen LogP contribution in [0.25, 0.3) is 0 Å². The summed E-state index contributed by atoms with van der Waals surface area (Å²) < 4.78 is 0. The molecule has 5 heteroatoms. The van der Waals surface area contributed by atoms with Gasteiger partial charge in [-0.05, 0) is 0 Å². The van der Waals surface area contributed by atoms with E-state index in [1.54, 1.807) is 0 Å². The second kappa shape index (κ2) is 1.57. The minimum atomic E-state index is -0.729. The van der Waals surface area contributed by atoms with Crippen LogP contribution >= 0.6 is 0 Å². The predicted octanol–water partition coefficient (Wildman–Crippen LogP) is -1.57. The third-order valence-electron chi connectivity index (χ3n) is 1.42. The van der Waals surface area contributed by atoms with Crippen LogP contribution in [0.5, 0.6) is 0 Å². The second-order valence-electron chi connectivity index (χ2n) is 2.03. The minimum absolute atomic E-state index is 0.352. The lowest BCUT2D eigenvalue weighted by Gasteiger charge is -1.97. The van der Waals surface area contributed by atoms with Gasteiger partial charge in [0.2, 0.25) is 0 Å². The molecule has 0 spiro atoms. The molecule has 0 aromatic carbocycles. The monoisotopic (exact) mass is 140 g/mol. The van der Waals surface area contributed by atoms with E-state index < -0.39 is 12.0 Å². The van der Waals surface area contributed by atoms with Crippen LogP contribution in [0.15, 0.2) is 11.8 Å². The van der Waals surface area contributed by atoms with Gasteiger partial charge in [0.1, 0.15) is 0 Å². The fourth-order valence-corrected chi connectivity index (χ4v) is 0.934. The van der Waals surface area contributed by atoms with E-state index in [9.17, 15) is 9.59 Å². The van der Waals surface area contributed by atoms with Crippen molar-refractivity contribution in [1.82, 2.24) is 10.8 Å². The molecule has 0 aromatic rings.